The second kappa shape index (κ2) is 10.5. The van der Waals surface area contributed by atoms with Crippen LogP contribution < -0.4 is 4.74 Å². The van der Waals surface area contributed by atoms with Crippen LogP contribution in [0.1, 0.15) is 12.1 Å². The van der Waals surface area contributed by atoms with Crippen molar-refractivity contribution in [2.45, 2.75) is 6.42 Å². The maximum atomic E-state index is 5.50. The summed E-state index contributed by atoms with van der Waals surface area (Å²) >= 11 is 0. The van der Waals surface area contributed by atoms with Crippen molar-refractivity contribution in [2.75, 3.05) is 27.2 Å². The monoisotopic (exact) mass is 282 g/mol. The Labute approximate surface area is 127 Å². The van der Waals surface area contributed by atoms with Gasteiger partial charge in [-0.3, -0.25) is 0 Å². The molecule has 1 heterocycles. The molecule has 0 unspecified atom stereocenters. The average molecular weight is 282 g/mol. The fourth-order valence-corrected chi connectivity index (χ4v) is 1.51. The highest BCUT2D eigenvalue weighted by atomic mass is 16.5. The van der Waals surface area contributed by atoms with Gasteiger partial charge in [-0.15, -0.1) is 6.42 Å². The minimum absolute atomic E-state index is 0.635. The number of nitrogens with zero attached hydrogens (tertiary/aromatic N) is 2. The van der Waals surface area contributed by atoms with Crippen LogP contribution in [0.5, 0.6) is 5.75 Å². The van der Waals surface area contributed by atoms with Crippen molar-refractivity contribution in [2.24, 2.45) is 0 Å². The van der Waals surface area contributed by atoms with Gasteiger partial charge in [-0.2, -0.15) is 0 Å². The number of hydrogen-bond acceptors (Lipinski definition) is 3. The first kappa shape index (κ1) is 16.7. The van der Waals surface area contributed by atoms with E-state index < -0.39 is 0 Å². The fraction of sp³-hybridized carbons (Fsp3) is 0.278. The quantitative estimate of drug-likeness (QED) is 0.622. The molecule has 21 heavy (non-hydrogen) atoms. The van der Waals surface area contributed by atoms with Gasteiger partial charge in [0.2, 0.25) is 0 Å². The molecule has 2 aromatic rings. The lowest BCUT2D eigenvalue weighted by Crippen LogP contribution is -2.15. The fourth-order valence-electron chi connectivity index (χ4n) is 1.51. The molecule has 1 aromatic carbocycles. The predicted molar refractivity (Wildman–Crippen MR) is 87.3 cm³/mol. The van der Waals surface area contributed by atoms with E-state index in [1.54, 1.807) is 12.3 Å². The van der Waals surface area contributed by atoms with Crippen LogP contribution in [-0.4, -0.2) is 37.1 Å². The number of pyridine rings is 1. The Morgan fingerprint density at radius 1 is 1.10 bits per heavy atom. The Morgan fingerprint density at radius 3 is 2.14 bits per heavy atom. The molecule has 0 atom stereocenters. The van der Waals surface area contributed by atoms with Gasteiger partial charge in [-0.1, -0.05) is 42.3 Å². The molecule has 0 saturated heterocycles. The summed E-state index contributed by atoms with van der Waals surface area (Å²) in [7, 11) is 4.09. The van der Waals surface area contributed by atoms with Gasteiger partial charge in [0.15, 0.2) is 0 Å². The van der Waals surface area contributed by atoms with Crippen LogP contribution in [0, 0.1) is 12.3 Å². The molecule has 0 saturated carbocycles. The molecule has 0 N–H and O–H groups in total. The third-order valence-corrected chi connectivity index (χ3v) is 2.57. The lowest BCUT2D eigenvalue weighted by atomic mass is 10.3. The van der Waals surface area contributed by atoms with Gasteiger partial charge in [-0.05, 0) is 32.6 Å². The van der Waals surface area contributed by atoms with Crippen LogP contribution in [0.2, 0.25) is 0 Å². The van der Waals surface area contributed by atoms with E-state index in [2.05, 4.69) is 15.8 Å². The number of hydrogen-bond donors (Lipinski definition) is 0. The van der Waals surface area contributed by atoms with Crippen LogP contribution >= 0.6 is 0 Å². The minimum Gasteiger partial charge on any atom is -0.492 e. The summed E-state index contributed by atoms with van der Waals surface area (Å²) in [6.45, 7) is 1.73. The van der Waals surface area contributed by atoms with Gasteiger partial charge in [0.05, 0.1) is 12.8 Å². The van der Waals surface area contributed by atoms with Gasteiger partial charge < -0.3 is 9.64 Å². The molecule has 0 aliphatic rings. The van der Waals surface area contributed by atoms with E-state index in [1.807, 2.05) is 56.6 Å². The van der Waals surface area contributed by atoms with Gasteiger partial charge in [0, 0.05) is 6.54 Å². The highest BCUT2D eigenvalue weighted by molar-refractivity contribution is 5.28. The molecule has 2 rings (SSSR count). The van der Waals surface area contributed by atoms with Gasteiger partial charge >= 0.3 is 0 Å². The van der Waals surface area contributed by atoms with Gasteiger partial charge in [0.25, 0.3) is 0 Å². The number of rotatable bonds is 5. The van der Waals surface area contributed by atoms with E-state index in [4.69, 9.17) is 11.2 Å². The van der Waals surface area contributed by atoms with Crippen molar-refractivity contribution in [3.05, 3.63) is 60.4 Å². The van der Waals surface area contributed by atoms with Gasteiger partial charge in [-0.25, -0.2) is 4.98 Å². The maximum Gasteiger partial charge on any atom is 0.137 e. The molecule has 0 radical (unpaired) electrons. The molecule has 110 valence electrons. The smallest absolute Gasteiger partial charge is 0.137 e. The SMILES string of the molecule is C#Cc1ccc(OCCCN(C)C)cn1.c1ccccc1. The van der Waals surface area contributed by atoms with Crippen molar-refractivity contribution in [3.63, 3.8) is 0 Å². The van der Waals surface area contributed by atoms with Crippen LogP contribution in [0.15, 0.2) is 54.7 Å². The van der Waals surface area contributed by atoms with E-state index in [-0.39, 0.29) is 0 Å². The average Bonchev–Trinajstić information content (AvgIpc) is 2.54. The largest absolute Gasteiger partial charge is 0.492 e. The first-order chi connectivity index (χ1) is 10.2. The third-order valence-electron chi connectivity index (χ3n) is 2.57. The van der Waals surface area contributed by atoms with Crippen LogP contribution in [0.3, 0.4) is 0 Å². The first-order valence-electron chi connectivity index (χ1n) is 6.92. The zero-order valence-electron chi connectivity index (χ0n) is 12.7. The zero-order chi connectivity index (χ0) is 15.3. The molecule has 3 heteroatoms. The summed E-state index contributed by atoms with van der Waals surface area (Å²) in [5, 5.41) is 0. The van der Waals surface area contributed by atoms with E-state index in [0.29, 0.717) is 12.3 Å². The summed E-state index contributed by atoms with van der Waals surface area (Å²) in [5.74, 6) is 3.23. The highest BCUT2D eigenvalue weighted by Gasteiger charge is 1.95. The molecule has 0 spiro atoms. The summed E-state index contributed by atoms with van der Waals surface area (Å²) in [6, 6.07) is 15.6. The lowest BCUT2D eigenvalue weighted by molar-refractivity contribution is 0.281. The molecular formula is C18H22N2O. The second-order valence-electron chi connectivity index (χ2n) is 4.68. The summed E-state index contributed by atoms with van der Waals surface area (Å²) in [4.78, 5) is 6.17. The summed E-state index contributed by atoms with van der Waals surface area (Å²) in [6.07, 6.45) is 7.86. The molecular weight excluding hydrogens is 260 g/mol. The second-order valence-corrected chi connectivity index (χ2v) is 4.68. The highest BCUT2D eigenvalue weighted by Crippen LogP contribution is 2.08. The summed E-state index contributed by atoms with van der Waals surface area (Å²) < 4.78 is 5.50. The summed E-state index contributed by atoms with van der Waals surface area (Å²) in [5.41, 5.74) is 0.635. The van der Waals surface area contributed by atoms with E-state index in [9.17, 15) is 0 Å². The Morgan fingerprint density at radius 2 is 1.71 bits per heavy atom. The van der Waals surface area contributed by atoms with E-state index in [0.717, 1.165) is 18.7 Å². The molecule has 0 fully saturated rings. The van der Waals surface area contributed by atoms with Crippen molar-refractivity contribution < 1.29 is 4.74 Å². The van der Waals surface area contributed by atoms with Crippen molar-refractivity contribution >= 4 is 0 Å². The van der Waals surface area contributed by atoms with Crippen molar-refractivity contribution in [3.8, 4) is 18.1 Å². The molecule has 3 nitrogen and oxygen atoms in total. The standard InChI is InChI=1S/C12H16N2O.C6H6/c1-4-11-6-7-12(10-13-11)15-9-5-8-14(2)3;1-2-4-6-5-3-1/h1,6-7,10H,5,8-9H2,2-3H3;1-6H. The van der Waals surface area contributed by atoms with Crippen molar-refractivity contribution in [1.29, 1.82) is 0 Å². The number of aromatic nitrogens is 1. The van der Waals surface area contributed by atoms with Crippen LogP contribution in [0.4, 0.5) is 0 Å². The Balaban J connectivity index is 0.000000304. The zero-order valence-corrected chi connectivity index (χ0v) is 12.7. The van der Waals surface area contributed by atoms with Crippen LogP contribution in [-0.2, 0) is 0 Å². The lowest BCUT2D eigenvalue weighted by Gasteiger charge is -2.09. The Hall–Kier alpha value is -2.31. The molecule has 0 aliphatic carbocycles. The van der Waals surface area contributed by atoms with Gasteiger partial charge in [0.1, 0.15) is 11.4 Å². The molecule has 0 amide bonds. The van der Waals surface area contributed by atoms with Crippen molar-refractivity contribution in [1.82, 2.24) is 9.88 Å². The number of ether oxygens (including phenoxy) is 1. The molecule has 0 bridgehead atoms. The Kier molecular flexibility index (Phi) is 8.35. The number of benzene rings is 1. The minimum atomic E-state index is 0.635. The number of terminal acetylenes is 1. The molecule has 0 aliphatic heterocycles. The first-order valence-corrected chi connectivity index (χ1v) is 6.92. The normalized spacial score (nSPS) is 9.43. The van der Waals surface area contributed by atoms with E-state index in [1.165, 1.54) is 0 Å². The maximum absolute atomic E-state index is 5.50. The Bertz CT molecular complexity index is 488. The molecule has 1 aromatic heterocycles. The van der Waals surface area contributed by atoms with E-state index >= 15 is 0 Å². The third kappa shape index (κ3) is 8.46. The van der Waals surface area contributed by atoms with Crippen LogP contribution in [0.25, 0.3) is 0 Å². The topological polar surface area (TPSA) is 25.4 Å². The predicted octanol–water partition coefficient (Wildman–Crippen LogP) is 3.08.